The van der Waals surface area contributed by atoms with Gasteiger partial charge in [-0.05, 0) is 19.3 Å². The number of fused-ring (bicyclic) bond motifs is 3. The number of aliphatic carboxylic acids is 2. The lowest BCUT2D eigenvalue weighted by Crippen LogP contribution is -2.15. The number of phenols is 3. The second kappa shape index (κ2) is 25.9. The van der Waals surface area contributed by atoms with Gasteiger partial charge in [-0.25, -0.2) is 41.3 Å². The van der Waals surface area contributed by atoms with E-state index in [9.17, 15) is 50.9 Å². The van der Waals surface area contributed by atoms with E-state index in [2.05, 4.69) is 55.1 Å². The van der Waals surface area contributed by atoms with E-state index >= 15 is 0 Å². The molecule has 1 amide bonds. The molecule has 0 aliphatic carbocycles. The minimum atomic E-state index is -1.08. The summed E-state index contributed by atoms with van der Waals surface area (Å²) in [5.41, 5.74) is 0.323. The van der Waals surface area contributed by atoms with Crippen molar-refractivity contribution < 1.29 is 66.3 Å². The highest BCUT2D eigenvalue weighted by Gasteiger charge is 2.26. The summed E-state index contributed by atoms with van der Waals surface area (Å²) >= 11 is 18.8. The van der Waals surface area contributed by atoms with Crippen LogP contribution in [0, 0.1) is 46.2 Å². The van der Waals surface area contributed by atoms with Gasteiger partial charge in [0.25, 0.3) is 0 Å². The molecule has 0 bridgehead atoms. The summed E-state index contributed by atoms with van der Waals surface area (Å²) in [6.45, 7) is 0. The van der Waals surface area contributed by atoms with E-state index in [1.54, 1.807) is 6.07 Å². The van der Waals surface area contributed by atoms with E-state index in [4.69, 9.17) is 32.2 Å². The summed E-state index contributed by atoms with van der Waals surface area (Å²) in [6, 6.07) is 4.46. The standard InChI is InChI=1S/C13H11F2N3O2S3.C13H10F2N2O3S2.C8H2F2N2OS.C5H9ClO2S.H3N/c14-6-3-7-11(9(15)10(6)20)23-13(17-7)12-16-5(4-22-12)1-2-8(19)18-21;14-6-3-7-11(9(15)10(6)20)22-13(17-7)12-16-5(4-21-12)1-2-8(18)19;9-3-1-4-8(6(10)7(3)13)14-5(2-11)12-4;6-4(3-9)1-2-5(7)8;/h3,5,20-21H,1-2,4H2,(H,18,19);3,5,20H,1-2,4H2,(H,18,19);1,13H;4,9H,1-3H2,(H,7,8);1H3. The fourth-order valence-corrected chi connectivity index (χ4v) is 11.1. The largest absolute Gasteiger partial charge is 0.503 e. The number of rotatable bonds is 12. The van der Waals surface area contributed by atoms with Gasteiger partial charge in [-0.1, -0.05) is 12.8 Å². The van der Waals surface area contributed by atoms with Crippen molar-refractivity contribution in [2.45, 2.75) is 56.0 Å². The summed E-state index contributed by atoms with van der Waals surface area (Å²) in [7, 11) is 0. The zero-order valence-corrected chi connectivity index (χ0v) is 41.4. The van der Waals surface area contributed by atoms with Gasteiger partial charge in [0.2, 0.25) is 5.91 Å². The van der Waals surface area contributed by atoms with Crippen molar-refractivity contribution >= 4 is 153 Å². The maximum Gasteiger partial charge on any atom is 0.303 e. The predicted octanol–water partition coefficient (Wildman–Crippen LogP) is 9.59. The number of aliphatic imine (C=N–C) groups is 2. The van der Waals surface area contributed by atoms with E-state index in [1.807, 2.05) is 0 Å². The van der Waals surface area contributed by atoms with Crippen molar-refractivity contribution in [3.05, 3.63) is 68.1 Å². The summed E-state index contributed by atoms with van der Waals surface area (Å²) in [6.07, 6.45) is 2.00. The molecule has 8 rings (SSSR count). The zero-order valence-electron chi connectivity index (χ0n) is 34.8. The molecule has 5 heterocycles. The molecule has 2 aliphatic heterocycles. The molecule has 16 nitrogen and oxygen atoms in total. The van der Waals surface area contributed by atoms with E-state index < -0.39 is 64.1 Å². The van der Waals surface area contributed by atoms with Crippen molar-refractivity contribution in [3.63, 3.8) is 0 Å². The van der Waals surface area contributed by atoms with Crippen molar-refractivity contribution in [3.8, 4) is 23.3 Å². The number of phenolic OH excluding ortho intramolecular Hbond substituents is 3. The van der Waals surface area contributed by atoms with Crippen LogP contribution in [-0.4, -0.2) is 103 Å². The van der Waals surface area contributed by atoms with Gasteiger partial charge in [0.1, 0.15) is 26.2 Å². The average molecular weight is 1120 g/mol. The number of thioether (sulfide) groups is 2. The Morgan fingerprint density at radius 1 is 0.725 bits per heavy atom. The number of nitrogens with zero attached hydrogens (tertiary/aromatic N) is 6. The van der Waals surface area contributed by atoms with Gasteiger partial charge in [-0.15, -0.1) is 69.1 Å². The lowest BCUT2D eigenvalue weighted by atomic mass is 10.2. The smallest absolute Gasteiger partial charge is 0.303 e. The average Bonchev–Trinajstić information content (AvgIpc) is 4.18. The Kier molecular flexibility index (Phi) is 21.3. The molecular weight excluding hydrogens is 1080 g/mol. The molecule has 0 spiro atoms. The van der Waals surface area contributed by atoms with Gasteiger partial charge in [0.05, 0.1) is 42.7 Å². The summed E-state index contributed by atoms with van der Waals surface area (Å²) in [4.78, 5) is 52.5. The van der Waals surface area contributed by atoms with Crippen LogP contribution in [-0.2, 0) is 14.4 Å². The first kappa shape index (κ1) is 56.8. The number of carboxylic acid groups (broad SMARTS) is 2. The molecular formula is C39H35ClF6N8O8S7. The molecule has 3 unspecified atom stereocenters. The molecule has 30 heteroatoms. The minimum absolute atomic E-state index is 0. The molecule has 0 saturated heterocycles. The maximum atomic E-state index is 13.9. The van der Waals surface area contributed by atoms with Gasteiger partial charge in [-0.2, -0.15) is 17.9 Å². The van der Waals surface area contributed by atoms with Gasteiger partial charge < -0.3 is 36.4 Å². The maximum absolute atomic E-state index is 13.9. The third-order valence-electron chi connectivity index (χ3n) is 8.93. The molecule has 2 aliphatic rings. The number of nitriles is 1. The Hall–Kier alpha value is -4.80. The first-order valence-electron chi connectivity index (χ1n) is 19.1. The number of aromatic hydroxyl groups is 3. The topological polar surface area (TPSA) is 287 Å². The first-order valence-corrected chi connectivity index (χ1v) is 25.0. The van der Waals surface area contributed by atoms with Crippen molar-refractivity contribution in [2.75, 3.05) is 17.3 Å². The third kappa shape index (κ3) is 14.9. The van der Waals surface area contributed by atoms with Crippen LogP contribution in [0.1, 0.15) is 53.5 Å². The van der Waals surface area contributed by atoms with Crippen LogP contribution in [0.25, 0.3) is 30.6 Å². The van der Waals surface area contributed by atoms with E-state index in [1.165, 1.54) is 23.5 Å². The van der Waals surface area contributed by atoms with E-state index in [0.717, 1.165) is 52.2 Å². The lowest BCUT2D eigenvalue weighted by molar-refractivity contribution is -0.138. The van der Waals surface area contributed by atoms with Crippen LogP contribution in [0.4, 0.5) is 26.3 Å². The highest BCUT2D eigenvalue weighted by atomic mass is 35.5. The number of hydrogen-bond acceptors (Lipinski definition) is 20. The minimum Gasteiger partial charge on any atom is -0.503 e. The van der Waals surface area contributed by atoms with Crippen LogP contribution in [0.2, 0.25) is 0 Å². The second-order valence-corrected chi connectivity index (χ2v) is 20.0. The van der Waals surface area contributed by atoms with E-state index in [-0.39, 0.29) is 78.0 Å². The predicted molar refractivity (Wildman–Crippen MR) is 263 cm³/mol. The Balaban J connectivity index is 0.000000210. The fraction of sp³-hybridized carbons (Fsp3) is 0.308. The molecule has 9 N–H and O–H groups in total. The van der Waals surface area contributed by atoms with E-state index in [0.29, 0.717) is 63.0 Å². The van der Waals surface area contributed by atoms with Crippen LogP contribution < -0.4 is 10.9 Å². The zero-order chi connectivity index (χ0) is 50.0. The highest BCUT2D eigenvalue weighted by molar-refractivity contribution is 8.15. The Morgan fingerprint density at radius 3 is 1.52 bits per heavy atom. The second-order valence-electron chi connectivity index (χ2n) is 13.8. The number of thiazole rings is 3. The number of aromatic nitrogens is 3. The molecule has 0 saturated carbocycles. The Morgan fingerprint density at radius 2 is 1.13 bits per heavy atom. The fourth-order valence-electron chi connectivity index (χ4n) is 5.57. The SMILES string of the molecule is N.N#Cc1nc2cc(F)c(O)c(F)c2s1.O=C(CCC1CSC(c2nc3cc(F)c(O)c(F)c3s2)=N1)NS.O=C(O)CCC(Cl)CS.O=C(O)CCC1CSC(c2nc3cc(F)c(O)c(F)c3s2)=N1. The van der Waals surface area contributed by atoms with Crippen molar-refractivity contribution in [2.24, 2.45) is 9.98 Å². The summed E-state index contributed by atoms with van der Waals surface area (Å²) in [5, 5.41) is 54.9. The number of benzene rings is 3. The van der Waals surface area contributed by atoms with Crippen LogP contribution in [0.5, 0.6) is 17.2 Å². The monoisotopic (exact) mass is 1120 g/mol. The summed E-state index contributed by atoms with van der Waals surface area (Å²) < 4.78 is 82.8. The molecule has 0 fully saturated rings. The Bertz CT molecular complexity index is 2980. The molecule has 3 atom stereocenters. The third-order valence-corrected chi connectivity index (χ3v) is 15.8. The number of amides is 1. The quantitative estimate of drug-likeness (QED) is 0.0313. The van der Waals surface area contributed by atoms with Crippen molar-refractivity contribution in [1.29, 1.82) is 5.26 Å². The normalized spacial score (nSPS) is 15.4. The molecule has 0 radical (unpaired) electrons. The van der Waals surface area contributed by atoms with Gasteiger partial charge >= 0.3 is 11.9 Å². The number of hydrogen-bond donors (Lipinski definition) is 9. The molecule has 370 valence electrons. The van der Waals surface area contributed by atoms with Gasteiger partial charge in [-0.3, -0.25) is 24.4 Å². The highest BCUT2D eigenvalue weighted by Crippen LogP contribution is 2.38. The molecule has 6 aromatic rings. The lowest BCUT2D eigenvalue weighted by Gasteiger charge is -2.03. The number of nitrogens with one attached hydrogen (secondary N) is 1. The van der Waals surface area contributed by atoms with Crippen molar-refractivity contribution in [1.82, 2.24) is 25.8 Å². The number of carbonyl (C=O) groups is 3. The number of halogens is 7. The number of carboxylic acids is 2. The Labute approximate surface area is 422 Å². The van der Waals surface area contributed by atoms with Gasteiger partial charge in [0.15, 0.2) is 57.2 Å². The number of thiol groups is 2. The number of alkyl halides is 1. The molecule has 69 heavy (non-hydrogen) atoms. The van der Waals surface area contributed by atoms with Crippen LogP contribution >= 0.6 is 94.6 Å². The molecule has 3 aromatic carbocycles. The number of carbonyl (C=O) groups excluding carboxylic acids is 1. The van der Waals surface area contributed by atoms with Crippen LogP contribution in [0.15, 0.2) is 28.2 Å². The van der Waals surface area contributed by atoms with Crippen LogP contribution in [0.3, 0.4) is 0 Å². The molecule has 3 aromatic heterocycles. The van der Waals surface area contributed by atoms with Gasteiger partial charge in [0, 0.05) is 60.1 Å². The first-order chi connectivity index (χ1) is 32.2. The summed E-state index contributed by atoms with van der Waals surface area (Å²) in [5.74, 6) is -9.28.